The molecule has 0 aromatic heterocycles. The molecule has 3 N–H and O–H groups in total. The Bertz CT molecular complexity index is 1270. The van der Waals surface area contributed by atoms with E-state index in [9.17, 15) is 24.3 Å². The van der Waals surface area contributed by atoms with Crippen LogP contribution in [-0.4, -0.2) is 104 Å². The molecule has 44 heavy (non-hydrogen) atoms. The molecule has 2 heterocycles. The van der Waals surface area contributed by atoms with E-state index in [4.69, 9.17) is 14.2 Å². The first-order valence-corrected chi connectivity index (χ1v) is 15.0. The number of amides is 2. The van der Waals surface area contributed by atoms with Gasteiger partial charge in [0.1, 0.15) is 17.4 Å². The maximum absolute atomic E-state index is 13.9. The van der Waals surface area contributed by atoms with E-state index in [1.54, 1.807) is 26.2 Å². The number of ether oxygens (including phenoxy) is 3. The summed E-state index contributed by atoms with van der Waals surface area (Å²) >= 11 is 0. The molecule has 2 aromatic carbocycles. The molecule has 0 radical (unpaired) electrons. The van der Waals surface area contributed by atoms with Crippen molar-refractivity contribution in [3.63, 3.8) is 0 Å². The van der Waals surface area contributed by atoms with Gasteiger partial charge >= 0.3 is 0 Å². The van der Waals surface area contributed by atoms with Crippen LogP contribution in [0.5, 0.6) is 5.75 Å². The van der Waals surface area contributed by atoms with Crippen LogP contribution in [-0.2, 0) is 41.5 Å². The number of Topliss-reactive ketones (excluding diaryl/α,β-unsaturated/α-hetero) is 2. The second kappa shape index (κ2) is 15.4. The molecule has 0 spiro atoms. The second-order valence-electron chi connectivity index (χ2n) is 11.7. The highest BCUT2D eigenvalue weighted by Gasteiger charge is 2.50. The molecule has 2 aromatic rings. The number of rotatable bonds is 16. The van der Waals surface area contributed by atoms with E-state index >= 15 is 0 Å². The van der Waals surface area contributed by atoms with Crippen LogP contribution < -0.4 is 15.4 Å². The molecule has 4 rings (SSSR count). The Labute approximate surface area is 258 Å². The lowest BCUT2D eigenvalue weighted by Gasteiger charge is -2.28. The lowest BCUT2D eigenvalue weighted by Crippen LogP contribution is -2.53. The lowest BCUT2D eigenvalue weighted by molar-refractivity contribution is -0.135. The Morgan fingerprint density at radius 2 is 1.61 bits per heavy atom. The molecule has 0 saturated carbocycles. The molecule has 11 nitrogen and oxygen atoms in total. The Morgan fingerprint density at radius 1 is 0.977 bits per heavy atom. The van der Waals surface area contributed by atoms with Gasteiger partial charge in [-0.05, 0) is 49.9 Å². The maximum atomic E-state index is 13.9. The first-order chi connectivity index (χ1) is 21.1. The minimum absolute atomic E-state index is 0.0692. The van der Waals surface area contributed by atoms with Crippen molar-refractivity contribution in [2.75, 3.05) is 46.6 Å². The number of methoxy groups -OCH3 is 1. The summed E-state index contributed by atoms with van der Waals surface area (Å²) in [4.78, 5) is 55.6. The van der Waals surface area contributed by atoms with Crippen molar-refractivity contribution >= 4 is 23.4 Å². The average Bonchev–Trinajstić information content (AvgIpc) is 3.78. The zero-order chi connectivity index (χ0) is 31.7. The van der Waals surface area contributed by atoms with Gasteiger partial charge in [-0.15, -0.1) is 0 Å². The van der Waals surface area contributed by atoms with E-state index in [1.807, 2.05) is 47.4 Å². The van der Waals surface area contributed by atoms with E-state index in [-0.39, 0.29) is 38.2 Å². The third-order valence-corrected chi connectivity index (χ3v) is 8.09. The monoisotopic (exact) mass is 609 g/mol. The highest BCUT2D eigenvalue weighted by molar-refractivity contribution is 5.98. The Hall–Kier alpha value is -3.64. The predicted octanol–water partition coefficient (Wildman–Crippen LogP) is 1.10. The average molecular weight is 610 g/mol. The highest BCUT2D eigenvalue weighted by atomic mass is 16.6. The number of epoxide rings is 1. The number of nitrogens with zero attached hydrogens (tertiary/aromatic N) is 1. The summed E-state index contributed by atoms with van der Waals surface area (Å²) in [6.07, 6.45) is -0.983. The fourth-order valence-electron chi connectivity index (χ4n) is 5.29. The van der Waals surface area contributed by atoms with Gasteiger partial charge in [0.15, 0.2) is 11.6 Å². The molecule has 5 atom stereocenters. The number of morpholine rings is 1. The number of ketones is 2. The molecule has 5 unspecified atom stereocenters. The topological polar surface area (TPSA) is 147 Å². The van der Waals surface area contributed by atoms with Crippen molar-refractivity contribution in [1.82, 2.24) is 15.5 Å². The Morgan fingerprint density at radius 3 is 2.20 bits per heavy atom. The first-order valence-electron chi connectivity index (χ1n) is 15.0. The zero-order valence-electron chi connectivity index (χ0n) is 25.6. The molecule has 2 saturated heterocycles. The van der Waals surface area contributed by atoms with Crippen LogP contribution in [0.3, 0.4) is 0 Å². The van der Waals surface area contributed by atoms with Gasteiger partial charge in [-0.2, -0.15) is 0 Å². The van der Waals surface area contributed by atoms with Gasteiger partial charge < -0.3 is 30.0 Å². The summed E-state index contributed by atoms with van der Waals surface area (Å²) in [5.41, 5.74) is 0.693. The molecule has 0 bridgehead atoms. The van der Waals surface area contributed by atoms with Crippen molar-refractivity contribution in [2.45, 2.75) is 56.9 Å². The third-order valence-electron chi connectivity index (χ3n) is 8.09. The fourth-order valence-corrected chi connectivity index (χ4v) is 5.29. The number of carbonyl (C=O) groups excluding carboxylic acids is 4. The predicted molar refractivity (Wildman–Crippen MR) is 162 cm³/mol. The first kappa shape index (κ1) is 33.3. The van der Waals surface area contributed by atoms with Crippen molar-refractivity contribution in [3.8, 4) is 5.75 Å². The van der Waals surface area contributed by atoms with Gasteiger partial charge in [0.25, 0.3) is 0 Å². The third kappa shape index (κ3) is 9.43. The largest absolute Gasteiger partial charge is 0.497 e. The summed E-state index contributed by atoms with van der Waals surface area (Å²) in [5.74, 6) is -1.82. The Kier molecular flexibility index (Phi) is 11.6. The quantitative estimate of drug-likeness (QED) is 0.238. The summed E-state index contributed by atoms with van der Waals surface area (Å²) in [6, 6.07) is 14.5. The maximum Gasteiger partial charge on any atom is 0.234 e. The van der Waals surface area contributed by atoms with E-state index in [0.717, 1.165) is 11.1 Å². The fraction of sp³-hybridized carbons (Fsp3) is 0.515. The van der Waals surface area contributed by atoms with Crippen LogP contribution in [0.25, 0.3) is 0 Å². The standard InChI is InChI=1S/C33H43N3O8/c1-22(37)30(35-29(39)20-36-13-15-43-16-14-36)28(38)19-25(17-24-9-11-26(42-3)12-10-24)32(41)34-27(31(40)33(2)21-44-33)18-23-7-5-4-6-8-23/h4-12,22,25,27,30,37H,13-21H2,1-3H3,(H,34,41)(H,35,39). The van der Waals surface area contributed by atoms with E-state index in [2.05, 4.69) is 10.6 Å². The van der Waals surface area contributed by atoms with E-state index < -0.39 is 47.3 Å². The summed E-state index contributed by atoms with van der Waals surface area (Å²) in [5, 5.41) is 16.0. The van der Waals surface area contributed by atoms with Crippen molar-refractivity contribution < 1.29 is 38.5 Å². The lowest BCUT2D eigenvalue weighted by atomic mass is 9.88. The van der Waals surface area contributed by atoms with Gasteiger partial charge in [0.05, 0.1) is 45.6 Å². The van der Waals surface area contributed by atoms with Crippen molar-refractivity contribution in [3.05, 3.63) is 65.7 Å². The molecule has 2 fully saturated rings. The molecule has 2 amide bonds. The smallest absolute Gasteiger partial charge is 0.234 e. The van der Waals surface area contributed by atoms with Crippen LogP contribution in [0.1, 0.15) is 31.4 Å². The van der Waals surface area contributed by atoms with Crippen molar-refractivity contribution in [1.29, 1.82) is 0 Å². The van der Waals surface area contributed by atoms with Gasteiger partial charge in [-0.3, -0.25) is 24.1 Å². The number of benzene rings is 2. The molecular formula is C33H43N3O8. The van der Waals surface area contributed by atoms with Crippen LogP contribution in [0.15, 0.2) is 54.6 Å². The molecule has 238 valence electrons. The molecule has 0 aliphatic carbocycles. The normalized spacial score (nSPS) is 20.9. The van der Waals surface area contributed by atoms with Crippen LogP contribution in [0.2, 0.25) is 0 Å². The van der Waals surface area contributed by atoms with Crippen LogP contribution >= 0.6 is 0 Å². The minimum atomic E-state index is -1.20. The number of carbonyl (C=O) groups is 4. The highest BCUT2D eigenvalue weighted by Crippen LogP contribution is 2.29. The number of aliphatic hydroxyl groups excluding tert-OH is 1. The van der Waals surface area contributed by atoms with Gasteiger partial charge in [0, 0.05) is 25.4 Å². The molecule has 2 aliphatic heterocycles. The van der Waals surface area contributed by atoms with E-state index in [0.29, 0.717) is 32.1 Å². The van der Waals surface area contributed by atoms with Crippen molar-refractivity contribution in [2.24, 2.45) is 5.92 Å². The molecule has 2 aliphatic rings. The van der Waals surface area contributed by atoms with E-state index in [1.165, 1.54) is 6.92 Å². The van der Waals surface area contributed by atoms with Crippen LogP contribution in [0.4, 0.5) is 0 Å². The molecule has 11 heteroatoms. The summed E-state index contributed by atoms with van der Waals surface area (Å²) < 4.78 is 16.0. The van der Waals surface area contributed by atoms with Gasteiger partial charge in [-0.1, -0.05) is 42.5 Å². The SMILES string of the molecule is COc1ccc(CC(CC(=O)C(NC(=O)CN2CCOCC2)C(C)O)C(=O)NC(Cc2ccccc2)C(=O)C2(C)CO2)cc1. The van der Waals surface area contributed by atoms with Crippen LogP contribution in [0, 0.1) is 5.92 Å². The van der Waals surface area contributed by atoms with Gasteiger partial charge in [-0.25, -0.2) is 0 Å². The van der Waals surface area contributed by atoms with Gasteiger partial charge in [0.2, 0.25) is 11.8 Å². The minimum Gasteiger partial charge on any atom is -0.497 e. The Balaban J connectivity index is 1.51. The number of hydrogen-bond acceptors (Lipinski definition) is 9. The second-order valence-corrected chi connectivity index (χ2v) is 11.7. The molecular weight excluding hydrogens is 566 g/mol. The summed E-state index contributed by atoms with van der Waals surface area (Å²) in [7, 11) is 1.56. The summed E-state index contributed by atoms with van der Waals surface area (Å²) in [6.45, 7) is 5.71. The number of nitrogens with one attached hydrogen (secondary N) is 2. The number of hydrogen-bond donors (Lipinski definition) is 3. The zero-order valence-corrected chi connectivity index (χ0v) is 25.6. The number of aliphatic hydroxyl groups is 1.